The second-order valence-corrected chi connectivity index (χ2v) is 8.53. The van der Waals surface area contributed by atoms with Crippen LogP contribution in [-0.2, 0) is 27.8 Å². The molecular weight excluding hydrogens is 511 g/mol. The smallest absolute Gasteiger partial charge is 0.194 e. The number of likely N-dealkylation sites (tertiary alicyclic amines) is 1. The summed E-state index contributed by atoms with van der Waals surface area (Å²) < 4.78 is 19.6. The summed E-state index contributed by atoms with van der Waals surface area (Å²) in [6.45, 7) is 7.62. The summed E-state index contributed by atoms with van der Waals surface area (Å²) >= 11 is 0. The molecule has 2 unspecified atom stereocenters. The number of aliphatic imine (C=N–C) groups is 1. The summed E-state index contributed by atoms with van der Waals surface area (Å²) in [6, 6.07) is 0. The van der Waals surface area contributed by atoms with E-state index in [2.05, 4.69) is 20.4 Å². The predicted molar refractivity (Wildman–Crippen MR) is 129 cm³/mol. The maximum absolute atomic E-state index is 6.13. The summed E-state index contributed by atoms with van der Waals surface area (Å²) in [6.07, 6.45) is 7.45. The van der Waals surface area contributed by atoms with Crippen LogP contribution in [0.2, 0.25) is 0 Å². The third-order valence-electron chi connectivity index (χ3n) is 6.35. The van der Waals surface area contributed by atoms with Crippen molar-refractivity contribution in [2.45, 2.75) is 70.3 Å². The Morgan fingerprint density at radius 3 is 2.42 bits per heavy atom. The van der Waals surface area contributed by atoms with Crippen LogP contribution < -0.4 is 5.32 Å². The van der Waals surface area contributed by atoms with Crippen LogP contribution in [0.4, 0.5) is 0 Å². The molecule has 0 radical (unpaired) electrons. The molecule has 0 bridgehead atoms. The van der Waals surface area contributed by atoms with Gasteiger partial charge in [-0.25, -0.2) is 4.99 Å². The Labute approximate surface area is 202 Å². The first-order chi connectivity index (χ1) is 14.7. The molecule has 1 aromatic rings. The van der Waals surface area contributed by atoms with Gasteiger partial charge in [-0.3, -0.25) is 0 Å². The fourth-order valence-corrected chi connectivity index (χ4v) is 4.27. The van der Waals surface area contributed by atoms with Crippen LogP contribution >= 0.6 is 24.0 Å². The molecule has 0 spiro atoms. The van der Waals surface area contributed by atoms with Crippen molar-refractivity contribution < 1.29 is 14.2 Å². The third kappa shape index (κ3) is 7.00. The van der Waals surface area contributed by atoms with Gasteiger partial charge in [0.25, 0.3) is 0 Å². The Bertz CT molecular complexity index is 695. The van der Waals surface area contributed by atoms with Gasteiger partial charge in [0.05, 0.1) is 24.9 Å². The molecule has 3 fully saturated rings. The number of hydrogen-bond donors (Lipinski definition) is 1. The van der Waals surface area contributed by atoms with E-state index >= 15 is 0 Å². The molecule has 1 aromatic heterocycles. The average Bonchev–Trinajstić information content (AvgIpc) is 3.53. The standard InChI is InChI=1S/C21H36N6O3.HI/c1-16-24-25-20(26(16)2)14-23-21(22-13-18-5-3-11-28-18)27-9-7-17(8-10-27)30-15-19-6-4-12-29-19;/h17-19H,3-15H2,1-2H3,(H,22,23);1H. The van der Waals surface area contributed by atoms with Crippen molar-refractivity contribution in [1.82, 2.24) is 25.0 Å². The number of hydrogen-bond acceptors (Lipinski definition) is 6. The number of ether oxygens (including phenoxy) is 3. The Kier molecular flexibility index (Phi) is 9.79. The number of rotatable bonds is 7. The van der Waals surface area contributed by atoms with Gasteiger partial charge < -0.3 is 29.0 Å². The van der Waals surface area contributed by atoms with E-state index in [4.69, 9.17) is 19.2 Å². The van der Waals surface area contributed by atoms with E-state index in [1.165, 1.54) is 0 Å². The highest BCUT2D eigenvalue weighted by molar-refractivity contribution is 14.0. The molecule has 4 rings (SSSR count). The zero-order valence-corrected chi connectivity index (χ0v) is 21.1. The summed E-state index contributed by atoms with van der Waals surface area (Å²) in [5.41, 5.74) is 0. The van der Waals surface area contributed by atoms with Gasteiger partial charge in [0.1, 0.15) is 12.4 Å². The third-order valence-corrected chi connectivity index (χ3v) is 6.35. The van der Waals surface area contributed by atoms with Crippen LogP contribution in [0, 0.1) is 6.92 Å². The van der Waals surface area contributed by atoms with Crippen molar-refractivity contribution in [2.24, 2.45) is 12.0 Å². The van der Waals surface area contributed by atoms with Crippen molar-refractivity contribution >= 4 is 29.9 Å². The second kappa shape index (κ2) is 12.3. The highest BCUT2D eigenvalue weighted by Gasteiger charge is 2.25. The molecule has 0 aromatic carbocycles. The Balaban J connectivity index is 0.00000272. The molecule has 0 saturated carbocycles. The van der Waals surface area contributed by atoms with E-state index < -0.39 is 0 Å². The SMILES string of the molecule is Cc1nnc(CN=C(NCC2CCCO2)N2CCC(OCC3CCCO3)CC2)n1C.I. The van der Waals surface area contributed by atoms with Crippen LogP contribution in [0.3, 0.4) is 0 Å². The zero-order chi connectivity index (χ0) is 20.8. The van der Waals surface area contributed by atoms with E-state index in [0.29, 0.717) is 18.8 Å². The van der Waals surface area contributed by atoms with Gasteiger partial charge in [-0.15, -0.1) is 34.2 Å². The van der Waals surface area contributed by atoms with Gasteiger partial charge in [0, 0.05) is 39.9 Å². The number of guanidine groups is 1. The molecule has 2 atom stereocenters. The molecule has 4 heterocycles. The molecule has 10 heteroatoms. The quantitative estimate of drug-likeness (QED) is 0.317. The normalized spacial score (nSPS) is 25.1. The van der Waals surface area contributed by atoms with Gasteiger partial charge in [-0.2, -0.15) is 0 Å². The molecule has 176 valence electrons. The summed E-state index contributed by atoms with van der Waals surface area (Å²) in [5, 5.41) is 11.9. The van der Waals surface area contributed by atoms with E-state index in [-0.39, 0.29) is 30.1 Å². The summed E-state index contributed by atoms with van der Waals surface area (Å²) in [5.74, 6) is 2.71. The fourth-order valence-electron chi connectivity index (χ4n) is 4.27. The first-order valence-electron chi connectivity index (χ1n) is 11.4. The van der Waals surface area contributed by atoms with Crippen LogP contribution in [0.1, 0.15) is 50.2 Å². The Hall–Kier alpha value is -0.980. The van der Waals surface area contributed by atoms with Crippen molar-refractivity contribution in [3.63, 3.8) is 0 Å². The average molecular weight is 548 g/mol. The lowest BCUT2D eigenvalue weighted by atomic mass is 10.1. The first-order valence-corrected chi connectivity index (χ1v) is 11.4. The van der Waals surface area contributed by atoms with Crippen molar-refractivity contribution in [3.8, 4) is 0 Å². The zero-order valence-electron chi connectivity index (χ0n) is 18.8. The number of halogens is 1. The summed E-state index contributed by atoms with van der Waals surface area (Å²) in [4.78, 5) is 7.22. The number of nitrogens with zero attached hydrogens (tertiary/aromatic N) is 5. The molecule has 3 aliphatic heterocycles. The van der Waals surface area contributed by atoms with Crippen LogP contribution in [0.15, 0.2) is 4.99 Å². The largest absolute Gasteiger partial charge is 0.376 e. The highest BCUT2D eigenvalue weighted by Crippen LogP contribution is 2.18. The van der Waals surface area contributed by atoms with Gasteiger partial charge in [-0.1, -0.05) is 0 Å². The lowest BCUT2D eigenvalue weighted by Gasteiger charge is -2.35. The Morgan fingerprint density at radius 2 is 1.81 bits per heavy atom. The number of aromatic nitrogens is 3. The predicted octanol–water partition coefficient (Wildman–Crippen LogP) is 2.03. The molecule has 1 N–H and O–H groups in total. The first kappa shape index (κ1) is 24.7. The van der Waals surface area contributed by atoms with E-state index in [1.54, 1.807) is 0 Å². The van der Waals surface area contributed by atoms with Crippen LogP contribution in [-0.4, -0.2) is 83.4 Å². The highest BCUT2D eigenvalue weighted by atomic mass is 127. The van der Waals surface area contributed by atoms with Gasteiger partial charge in [0.2, 0.25) is 0 Å². The minimum Gasteiger partial charge on any atom is -0.376 e. The number of piperidine rings is 1. The van der Waals surface area contributed by atoms with Gasteiger partial charge >= 0.3 is 0 Å². The van der Waals surface area contributed by atoms with Crippen molar-refractivity contribution in [2.75, 3.05) is 39.5 Å². The molecule has 9 nitrogen and oxygen atoms in total. The topological polar surface area (TPSA) is 86.0 Å². The minimum atomic E-state index is 0. The van der Waals surface area contributed by atoms with E-state index in [9.17, 15) is 0 Å². The van der Waals surface area contributed by atoms with Gasteiger partial charge in [-0.05, 0) is 45.4 Å². The van der Waals surface area contributed by atoms with Gasteiger partial charge in [0.15, 0.2) is 11.8 Å². The maximum atomic E-state index is 6.13. The summed E-state index contributed by atoms with van der Waals surface area (Å²) in [7, 11) is 1.98. The maximum Gasteiger partial charge on any atom is 0.194 e. The van der Waals surface area contributed by atoms with Crippen molar-refractivity contribution in [1.29, 1.82) is 0 Å². The van der Waals surface area contributed by atoms with E-state index in [0.717, 1.165) is 95.6 Å². The minimum absolute atomic E-state index is 0. The molecule has 3 aliphatic rings. The fraction of sp³-hybridized carbons (Fsp3) is 0.857. The number of nitrogens with one attached hydrogen (secondary N) is 1. The van der Waals surface area contributed by atoms with Crippen LogP contribution in [0.5, 0.6) is 0 Å². The molecule has 3 saturated heterocycles. The van der Waals surface area contributed by atoms with Crippen molar-refractivity contribution in [3.05, 3.63) is 11.6 Å². The number of aryl methyl sites for hydroxylation is 1. The lowest BCUT2D eigenvalue weighted by molar-refractivity contribution is -0.0367. The Morgan fingerprint density at radius 1 is 1.10 bits per heavy atom. The molecule has 31 heavy (non-hydrogen) atoms. The molecular formula is C21H37IN6O3. The second-order valence-electron chi connectivity index (χ2n) is 8.53. The van der Waals surface area contributed by atoms with E-state index in [1.807, 2.05) is 18.5 Å². The lowest BCUT2D eigenvalue weighted by Crippen LogP contribution is -2.48. The monoisotopic (exact) mass is 548 g/mol. The molecule has 0 amide bonds. The molecule has 0 aliphatic carbocycles. The van der Waals surface area contributed by atoms with Crippen LogP contribution in [0.25, 0.3) is 0 Å².